The molecule has 0 aromatic heterocycles. The Balaban J connectivity index is 2.04. The summed E-state index contributed by atoms with van der Waals surface area (Å²) in [7, 11) is 0. The Bertz CT molecular complexity index is 390. The summed E-state index contributed by atoms with van der Waals surface area (Å²) in [4.78, 5) is 0. The molecule has 1 aromatic rings. The van der Waals surface area contributed by atoms with Crippen molar-refractivity contribution in [2.45, 2.75) is 45.1 Å². The van der Waals surface area contributed by atoms with Crippen LogP contribution in [0.1, 0.15) is 48.9 Å². The molecule has 3 rings (SSSR count). The van der Waals surface area contributed by atoms with Gasteiger partial charge in [-0.1, -0.05) is 25.1 Å². The van der Waals surface area contributed by atoms with Gasteiger partial charge in [0.1, 0.15) is 0 Å². The second-order valence-corrected chi connectivity index (χ2v) is 5.23. The molecule has 1 heteroatoms. The predicted octanol–water partition coefficient (Wildman–Crippen LogP) is 2.98. The molecule has 2 aliphatic carbocycles. The molecule has 1 atom stereocenters. The van der Waals surface area contributed by atoms with Gasteiger partial charge in [0, 0.05) is 6.04 Å². The number of aryl methyl sites for hydroxylation is 2. The molecule has 1 nitrogen and oxygen atoms in total. The Morgan fingerprint density at radius 1 is 1.33 bits per heavy atom. The van der Waals surface area contributed by atoms with Gasteiger partial charge >= 0.3 is 0 Å². The van der Waals surface area contributed by atoms with Gasteiger partial charge < -0.3 is 5.73 Å². The molecule has 1 aromatic carbocycles. The fourth-order valence-electron chi connectivity index (χ4n) is 2.97. The van der Waals surface area contributed by atoms with Gasteiger partial charge in [-0.3, -0.25) is 0 Å². The zero-order chi connectivity index (χ0) is 10.5. The molecule has 2 aliphatic rings. The average molecular weight is 201 g/mol. The summed E-state index contributed by atoms with van der Waals surface area (Å²) in [5.41, 5.74) is 11.3. The lowest BCUT2D eigenvalue weighted by Gasteiger charge is -2.31. The number of fused-ring (bicyclic) bond motifs is 1. The highest BCUT2D eigenvalue weighted by Gasteiger charge is 2.50. The zero-order valence-electron chi connectivity index (χ0n) is 9.42. The van der Waals surface area contributed by atoms with Crippen molar-refractivity contribution in [1.82, 2.24) is 0 Å². The third-order valence-electron chi connectivity index (χ3n) is 4.40. The van der Waals surface area contributed by atoms with Crippen LogP contribution in [0.4, 0.5) is 0 Å². The van der Waals surface area contributed by atoms with Gasteiger partial charge in [-0.25, -0.2) is 0 Å². The first-order valence-corrected chi connectivity index (χ1v) is 6.12. The van der Waals surface area contributed by atoms with Crippen molar-refractivity contribution in [3.63, 3.8) is 0 Å². The Hall–Kier alpha value is -0.820. The van der Waals surface area contributed by atoms with E-state index in [-0.39, 0.29) is 0 Å². The predicted molar refractivity (Wildman–Crippen MR) is 62.7 cm³/mol. The Kier molecular flexibility index (Phi) is 1.93. The second kappa shape index (κ2) is 3.08. The number of rotatable bonds is 1. The molecule has 15 heavy (non-hydrogen) atoms. The number of nitrogens with two attached hydrogens (primary N) is 1. The molecular formula is C14H19N. The van der Waals surface area contributed by atoms with Crippen LogP contribution in [0.3, 0.4) is 0 Å². The van der Waals surface area contributed by atoms with E-state index >= 15 is 0 Å². The summed E-state index contributed by atoms with van der Waals surface area (Å²) in [5, 5.41) is 0. The summed E-state index contributed by atoms with van der Waals surface area (Å²) in [6.45, 7) is 2.21. The van der Waals surface area contributed by atoms with E-state index in [2.05, 4.69) is 25.1 Å². The maximum Gasteiger partial charge on any atom is 0.0355 e. The number of benzene rings is 1. The molecule has 0 aliphatic heterocycles. The minimum atomic E-state index is 0.313. The van der Waals surface area contributed by atoms with Crippen molar-refractivity contribution in [3.05, 3.63) is 34.9 Å². The van der Waals surface area contributed by atoms with Gasteiger partial charge in [-0.15, -0.1) is 0 Å². The van der Waals surface area contributed by atoms with Crippen molar-refractivity contribution in [2.24, 2.45) is 11.1 Å². The monoisotopic (exact) mass is 201 g/mol. The summed E-state index contributed by atoms with van der Waals surface area (Å²) < 4.78 is 0. The van der Waals surface area contributed by atoms with Crippen LogP contribution in [0, 0.1) is 5.41 Å². The fourth-order valence-corrected chi connectivity index (χ4v) is 2.97. The van der Waals surface area contributed by atoms with Crippen molar-refractivity contribution in [1.29, 1.82) is 0 Å². The normalized spacial score (nSPS) is 26.4. The molecule has 1 saturated carbocycles. The van der Waals surface area contributed by atoms with E-state index in [1.807, 2.05) is 0 Å². The van der Waals surface area contributed by atoms with Gasteiger partial charge in [-0.05, 0) is 54.2 Å². The average Bonchev–Trinajstić information content (AvgIpc) is 3.05. The first-order chi connectivity index (χ1) is 7.25. The van der Waals surface area contributed by atoms with E-state index in [9.17, 15) is 0 Å². The van der Waals surface area contributed by atoms with E-state index in [0.717, 1.165) is 6.42 Å². The molecule has 1 fully saturated rings. The van der Waals surface area contributed by atoms with E-state index < -0.39 is 0 Å². The van der Waals surface area contributed by atoms with Crippen LogP contribution < -0.4 is 5.73 Å². The third kappa shape index (κ3) is 1.33. The molecule has 2 N–H and O–H groups in total. The largest absolute Gasteiger partial charge is 0.323 e. The molecule has 0 saturated heterocycles. The Labute approximate surface area is 91.7 Å². The van der Waals surface area contributed by atoms with E-state index in [1.54, 1.807) is 0 Å². The van der Waals surface area contributed by atoms with Crippen molar-refractivity contribution < 1.29 is 0 Å². The molecular weight excluding hydrogens is 182 g/mol. The highest BCUT2D eigenvalue weighted by molar-refractivity contribution is 5.39. The van der Waals surface area contributed by atoms with Crippen LogP contribution in [-0.4, -0.2) is 0 Å². The highest BCUT2D eigenvalue weighted by Crippen LogP contribution is 2.59. The minimum Gasteiger partial charge on any atom is -0.323 e. The summed E-state index contributed by atoms with van der Waals surface area (Å²) >= 11 is 0. The van der Waals surface area contributed by atoms with Crippen LogP contribution >= 0.6 is 0 Å². The molecule has 0 heterocycles. The first-order valence-electron chi connectivity index (χ1n) is 6.12. The Morgan fingerprint density at radius 3 is 2.80 bits per heavy atom. The standard InChI is InChI=1S/C14H19N/c1-2-10-3-4-11-5-6-14(7-8-14)13(15)12(11)9-10/h3-4,9,13H,2,5-8,15H2,1H3. The van der Waals surface area contributed by atoms with Crippen LogP contribution in [0.15, 0.2) is 18.2 Å². The minimum absolute atomic E-state index is 0.313. The topological polar surface area (TPSA) is 26.0 Å². The van der Waals surface area contributed by atoms with Gasteiger partial charge in [-0.2, -0.15) is 0 Å². The Morgan fingerprint density at radius 2 is 2.13 bits per heavy atom. The zero-order valence-corrected chi connectivity index (χ0v) is 9.42. The smallest absolute Gasteiger partial charge is 0.0355 e. The molecule has 0 amide bonds. The van der Waals surface area contributed by atoms with Gasteiger partial charge in [0.2, 0.25) is 0 Å². The molecule has 0 bridgehead atoms. The lowest BCUT2D eigenvalue weighted by atomic mass is 9.77. The number of hydrogen-bond donors (Lipinski definition) is 1. The quantitative estimate of drug-likeness (QED) is 0.742. The van der Waals surface area contributed by atoms with Crippen molar-refractivity contribution in [2.75, 3.05) is 0 Å². The van der Waals surface area contributed by atoms with Crippen molar-refractivity contribution >= 4 is 0 Å². The lowest BCUT2D eigenvalue weighted by molar-refractivity contribution is 0.354. The van der Waals surface area contributed by atoms with Crippen LogP contribution in [0.5, 0.6) is 0 Å². The van der Waals surface area contributed by atoms with Crippen molar-refractivity contribution in [3.8, 4) is 0 Å². The fraction of sp³-hybridized carbons (Fsp3) is 0.571. The molecule has 1 unspecified atom stereocenters. The van der Waals surface area contributed by atoms with Gasteiger partial charge in [0.15, 0.2) is 0 Å². The third-order valence-corrected chi connectivity index (χ3v) is 4.40. The lowest BCUT2D eigenvalue weighted by Crippen LogP contribution is -2.28. The number of hydrogen-bond acceptors (Lipinski definition) is 1. The summed E-state index contributed by atoms with van der Waals surface area (Å²) in [5.74, 6) is 0. The summed E-state index contributed by atoms with van der Waals surface area (Å²) in [6, 6.07) is 7.21. The van der Waals surface area contributed by atoms with Gasteiger partial charge in [0.25, 0.3) is 0 Å². The van der Waals surface area contributed by atoms with Gasteiger partial charge in [0.05, 0.1) is 0 Å². The highest BCUT2D eigenvalue weighted by atomic mass is 14.8. The maximum atomic E-state index is 6.41. The van der Waals surface area contributed by atoms with Crippen LogP contribution in [-0.2, 0) is 12.8 Å². The molecule has 80 valence electrons. The maximum absolute atomic E-state index is 6.41. The summed E-state index contributed by atoms with van der Waals surface area (Å²) in [6.07, 6.45) is 6.38. The molecule has 1 spiro atoms. The second-order valence-electron chi connectivity index (χ2n) is 5.23. The van der Waals surface area contributed by atoms with E-state index in [0.29, 0.717) is 11.5 Å². The first kappa shape index (κ1) is 9.41. The van der Waals surface area contributed by atoms with Crippen LogP contribution in [0.25, 0.3) is 0 Å². The molecule has 0 radical (unpaired) electrons. The SMILES string of the molecule is CCc1ccc2c(c1)C(N)C1(CC2)CC1. The van der Waals surface area contributed by atoms with Crippen LogP contribution in [0.2, 0.25) is 0 Å². The van der Waals surface area contributed by atoms with E-state index in [1.165, 1.54) is 42.4 Å². The van der Waals surface area contributed by atoms with E-state index in [4.69, 9.17) is 5.73 Å².